The third kappa shape index (κ3) is 5.35. The van der Waals surface area contributed by atoms with Crippen molar-refractivity contribution in [3.8, 4) is 0 Å². The molecule has 0 aromatic heterocycles. The normalized spacial score (nSPS) is 28.3. The molecule has 5 rings (SSSR count). The highest BCUT2D eigenvalue weighted by Gasteiger charge is 2.76. The second-order valence-electron chi connectivity index (χ2n) is 11.4. The van der Waals surface area contributed by atoms with Crippen molar-refractivity contribution in [2.45, 2.75) is 53.3 Å². The molecule has 2 aromatic carbocycles. The molecular formula is C33H38BrN3O4S. The first-order chi connectivity index (χ1) is 20.3. The third-order valence-corrected chi connectivity index (χ3v) is 12.0. The Labute approximate surface area is 260 Å². The molecule has 0 radical (unpaired) electrons. The van der Waals surface area contributed by atoms with Crippen molar-refractivity contribution in [3.05, 3.63) is 97.1 Å². The molecule has 222 valence electrons. The summed E-state index contributed by atoms with van der Waals surface area (Å²) < 4.78 is -0.792. The van der Waals surface area contributed by atoms with Gasteiger partial charge in [-0.1, -0.05) is 88.7 Å². The average Bonchev–Trinajstić information content (AvgIpc) is 3.60. The van der Waals surface area contributed by atoms with Crippen molar-refractivity contribution in [1.82, 2.24) is 14.7 Å². The van der Waals surface area contributed by atoms with Crippen LogP contribution in [0.25, 0.3) is 0 Å². The first-order valence-corrected chi connectivity index (χ1v) is 16.2. The van der Waals surface area contributed by atoms with E-state index in [0.29, 0.717) is 32.6 Å². The summed E-state index contributed by atoms with van der Waals surface area (Å²) in [5, 5.41) is 10.1. The maximum absolute atomic E-state index is 14.6. The zero-order valence-electron chi connectivity index (χ0n) is 23.8. The van der Waals surface area contributed by atoms with Gasteiger partial charge in [0.2, 0.25) is 17.7 Å². The quantitative estimate of drug-likeness (QED) is 0.274. The molecule has 3 unspecified atom stereocenters. The van der Waals surface area contributed by atoms with Crippen molar-refractivity contribution < 1.29 is 19.5 Å². The molecule has 3 aliphatic rings. The van der Waals surface area contributed by atoms with Gasteiger partial charge < -0.3 is 19.8 Å². The number of carbonyl (C=O) groups excluding carboxylic acids is 3. The number of alkyl halides is 1. The number of aliphatic hydroxyl groups is 1. The fourth-order valence-corrected chi connectivity index (χ4v) is 10.5. The lowest BCUT2D eigenvalue weighted by Crippen LogP contribution is -2.57. The van der Waals surface area contributed by atoms with Crippen LogP contribution in [0.1, 0.15) is 24.5 Å². The summed E-state index contributed by atoms with van der Waals surface area (Å²) >= 11 is 5.46. The van der Waals surface area contributed by atoms with Gasteiger partial charge in [-0.05, 0) is 24.5 Å². The van der Waals surface area contributed by atoms with Gasteiger partial charge in [-0.3, -0.25) is 14.4 Å². The van der Waals surface area contributed by atoms with Crippen LogP contribution in [-0.4, -0.2) is 84.1 Å². The standard InChI is InChI=1S/C33H38BrN3O4S/c1-4-16-35(19-23-12-8-6-9-13-23)30(39)26-27-31(40)37(22(3)21-38)29(33(27)18-25(34)28(26)42-33)32(41)36(17-5-2)20-24-14-10-7-11-15-24/h4-15,22,25-29,38H,1-2,16-21H2,3H3/t22-,25?,26-,27+,28-,29?,33?/m1/s1. The molecule has 3 heterocycles. The Balaban J connectivity index is 1.53. The Morgan fingerprint density at radius 2 is 1.55 bits per heavy atom. The highest BCUT2D eigenvalue weighted by molar-refractivity contribution is 9.09. The molecule has 9 heteroatoms. The molecule has 1 N–H and O–H groups in total. The van der Waals surface area contributed by atoms with Crippen molar-refractivity contribution in [2.75, 3.05) is 19.7 Å². The monoisotopic (exact) mass is 651 g/mol. The number of likely N-dealkylation sites (tertiary alicyclic amines) is 1. The van der Waals surface area contributed by atoms with Gasteiger partial charge in [0.15, 0.2) is 0 Å². The van der Waals surface area contributed by atoms with Gasteiger partial charge in [0.05, 0.1) is 29.2 Å². The number of fused-ring (bicyclic) bond motifs is 1. The summed E-state index contributed by atoms with van der Waals surface area (Å²) in [6.07, 6.45) is 3.99. The number of amides is 3. The van der Waals surface area contributed by atoms with E-state index in [9.17, 15) is 19.5 Å². The molecule has 3 fully saturated rings. The maximum Gasteiger partial charge on any atom is 0.247 e. The van der Waals surface area contributed by atoms with Gasteiger partial charge >= 0.3 is 0 Å². The number of halogens is 1. The van der Waals surface area contributed by atoms with Crippen LogP contribution >= 0.6 is 27.7 Å². The van der Waals surface area contributed by atoms with Crippen molar-refractivity contribution >= 4 is 45.4 Å². The van der Waals surface area contributed by atoms with E-state index in [1.807, 2.05) is 60.7 Å². The Bertz CT molecular complexity index is 1330. The lowest BCUT2D eigenvalue weighted by Gasteiger charge is -2.39. The highest BCUT2D eigenvalue weighted by Crippen LogP contribution is 2.68. The zero-order chi connectivity index (χ0) is 30.0. The van der Waals surface area contributed by atoms with Crippen LogP contribution < -0.4 is 0 Å². The number of hydrogen-bond acceptors (Lipinski definition) is 5. The maximum atomic E-state index is 14.6. The van der Waals surface area contributed by atoms with E-state index in [1.165, 1.54) is 0 Å². The topological polar surface area (TPSA) is 81.2 Å². The summed E-state index contributed by atoms with van der Waals surface area (Å²) in [4.78, 5) is 48.4. The molecule has 3 saturated heterocycles. The lowest BCUT2D eigenvalue weighted by molar-refractivity contribution is -0.147. The molecule has 1 spiro atoms. The smallest absolute Gasteiger partial charge is 0.247 e. The number of carbonyl (C=O) groups is 3. The van der Waals surface area contributed by atoms with Gasteiger partial charge in [-0.15, -0.1) is 24.9 Å². The van der Waals surface area contributed by atoms with E-state index in [0.717, 1.165) is 11.1 Å². The number of nitrogens with zero attached hydrogens (tertiary/aromatic N) is 3. The van der Waals surface area contributed by atoms with Crippen LogP contribution in [0.3, 0.4) is 0 Å². The predicted molar refractivity (Wildman–Crippen MR) is 170 cm³/mol. The molecule has 3 aliphatic heterocycles. The SMILES string of the molecule is C=CCN(Cc1ccccc1)C(=O)C1N([C@H](C)CO)C(=O)[C@@H]2[C@@H](C(=O)N(CC=C)Cc3ccccc3)[C@@H]3SC12CC3Br. The van der Waals surface area contributed by atoms with E-state index in [1.54, 1.807) is 45.5 Å². The number of rotatable bonds is 12. The second-order valence-corrected chi connectivity index (χ2v) is 14.1. The fourth-order valence-electron chi connectivity index (χ4n) is 6.96. The van der Waals surface area contributed by atoms with E-state index in [4.69, 9.17) is 0 Å². The zero-order valence-corrected chi connectivity index (χ0v) is 26.3. The number of hydrogen-bond donors (Lipinski definition) is 1. The Morgan fingerprint density at radius 3 is 2.05 bits per heavy atom. The number of thioether (sulfide) groups is 1. The summed E-state index contributed by atoms with van der Waals surface area (Å²) in [6, 6.07) is 18.1. The summed E-state index contributed by atoms with van der Waals surface area (Å²) in [5.74, 6) is -1.76. The minimum Gasteiger partial charge on any atom is -0.394 e. The van der Waals surface area contributed by atoms with Crippen LogP contribution in [0.4, 0.5) is 0 Å². The first-order valence-electron chi connectivity index (χ1n) is 14.4. The number of aliphatic hydroxyl groups excluding tert-OH is 1. The Kier molecular flexibility index (Phi) is 9.30. The average molecular weight is 653 g/mol. The van der Waals surface area contributed by atoms with Crippen LogP contribution in [-0.2, 0) is 27.5 Å². The molecule has 7 atom stereocenters. The van der Waals surface area contributed by atoms with E-state index in [-0.39, 0.29) is 34.4 Å². The van der Waals surface area contributed by atoms with E-state index < -0.39 is 28.7 Å². The number of benzene rings is 2. The predicted octanol–water partition coefficient (Wildman–Crippen LogP) is 4.26. The van der Waals surface area contributed by atoms with Crippen LogP contribution in [0.2, 0.25) is 0 Å². The minimum absolute atomic E-state index is 0.0375. The molecule has 0 aliphatic carbocycles. The fraction of sp³-hybridized carbons (Fsp3) is 0.424. The second kappa shape index (κ2) is 12.8. The molecule has 42 heavy (non-hydrogen) atoms. The van der Waals surface area contributed by atoms with E-state index >= 15 is 0 Å². The van der Waals surface area contributed by atoms with Crippen LogP contribution in [0.5, 0.6) is 0 Å². The van der Waals surface area contributed by atoms with Gasteiger partial charge in [-0.2, -0.15) is 0 Å². The van der Waals surface area contributed by atoms with Gasteiger partial charge in [-0.25, -0.2) is 0 Å². The molecule has 3 amide bonds. The Hall–Kier alpha value is -2.88. The molecule has 2 aromatic rings. The summed E-state index contributed by atoms with van der Waals surface area (Å²) in [5.41, 5.74) is 1.97. The molecule has 7 nitrogen and oxygen atoms in total. The largest absolute Gasteiger partial charge is 0.394 e. The molecule has 0 saturated carbocycles. The van der Waals surface area contributed by atoms with Crippen LogP contribution in [0, 0.1) is 11.8 Å². The lowest BCUT2D eigenvalue weighted by atomic mass is 9.70. The molecule has 2 bridgehead atoms. The van der Waals surface area contributed by atoms with Crippen molar-refractivity contribution in [3.63, 3.8) is 0 Å². The van der Waals surface area contributed by atoms with Gasteiger partial charge in [0.1, 0.15) is 6.04 Å². The first kappa shape index (κ1) is 30.6. The van der Waals surface area contributed by atoms with Crippen molar-refractivity contribution in [1.29, 1.82) is 0 Å². The van der Waals surface area contributed by atoms with Crippen molar-refractivity contribution in [2.24, 2.45) is 11.8 Å². The summed E-state index contributed by atoms with van der Waals surface area (Å²) in [7, 11) is 0. The Morgan fingerprint density at radius 1 is 1.02 bits per heavy atom. The van der Waals surface area contributed by atoms with E-state index in [2.05, 4.69) is 29.1 Å². The van der Waals surface area contributed by atoms with Gasteiger partial charge in [0, 0.05) is 36.3 Å². The third-order valence-electron chi connectivity index (χ3n) is 8.74. The minimum atomic E-state index is -0.810. The van der Waals surface area contributed by atoms with Gasteiger partial charge in [0.25, 0.3) is 0 Å². The van der Waals surface area contributed by atoms with Crippen LogP contribution in [0.15, 0.2) is 86.0 Å². The highest BCUT2D eigenvalue weighted by atomic mass is 79.9. The molecular weight excluding hydrogens is 614 g/mol. The summed E-state index contributed by atoms with van der Waals surface area (Å²) in [6.45, 7) is 10.7.